The minimum absolute atomic E-state index is 0. The Morgan fingerprint density at radius 1 is 0.400 bits per heavy atom. The van der Waals surface area contributed by atoms with Gasteiger partial charge >= 0.3 is 77.2 Å². The van der Waals surface area contributed by atoms with Gasteiger partial charge in [0.2, 0.25) is 0 Å². The first kappa shape index (κ1) is 38.2. The quantitative estimate of drug-likeness (QED) is 0.524. The zero-order valence-corrected chi connectivity index (χ0v) is 8.62. The molecule has 5 heavy (non-hydrogen) atoms. The minimum Gasteiger partial charge on any atom is -2.00 e. The van der Waals surface area contributed by atoms with Gasteiger partial charge < -0.3 is 40.5 Å². The summed E-state index contributed by atoms with van der Waals surface area (Å²) in [5.41, 5.74) is 0. The molecule has 36 valence electrons. The summed E-state index contributed by atoms with van der Waals surface area (Å²) in [4.78, 5) is 0. The van der Waals surface area contributed by atoms with Crippen LogP contribution in [0.15, 0.2) is 0 Å². The van der Waals surface area contributed by atoms with Crippen molar-refractivity contribution in [1.82, 2.24) is 0 Å². The maximum atomic E-state index is 0. The average Bonchev–Trinajstić information content (AvgIpc) is 0. The predicted molar refractivity (Wildman–Crippen MR) is 22.1 cm³/mol. The van der Waals surface area contributed by atoms with Gasteiger partial charge in [-0.3, -0.25) is 0 Å². The standard InChI is InChI=1S/3S.2Tb/q3*-2;2*+3. The smallest absolute Gasteiger partial charge is 2.00 e. The Labute approximate surface area is 115 Å². The third-order valence-corrected chi connectivity index (χ3v) is 0. The minimum atomic E-state index is 0. The van der Waals surface area contributed by atoms with Crippen LogP contribution in [0, 0.1) is 77.2 Å². The summed E-state index contributed by atoms with van der Waals surface area (Å²) >= 11 is 0. The summed E-state index contributed by atoms with van der Waals surface area (Å²) in [6.07, 6.45) is 0. The van der Waals surface area contributed by atoms with Gasteiger partial charge in [0.1, 0.15) is 0 Å². The molecule has 0 aliphatic heterocycles. The van der Waals surface area contributed by atoms with Crippen molar-refractivity contribution in [2.75, 3.05) is 0 Å². The van der Waals surface area contributed by atoms with Gasteiger partial charge in [0.25, 0.3) is 0 Å². The molecule has 0 atom stereocenters. The first-order valence-corrected chi connectivity index (χ1v) is 0. The molecule has 0 aromatic rings. The fraction of sp³-hybridized carbons (Fsp3) is 0. The predicted octanol–water partition coefficient (Wildman–Crippen LogP) is -0.00720. The molecule has 0 aromatic carbocycles. The monoisotopic (exact) mass is 414 g/mol. The van der Waals surface area contributed by atoms with Crippen molar-refractivity contribution in [3.8, 4) is 0 Å². The summed E-state index contributed by atoms with van der Waals surface area (Å²) in [6.45, 7) is 0. The third-order valence-electron chi connectivity index (χ3n) is 0. The van der Waals surface area contributed by atoms with Crippen LogP contribution in [0.3, 0.4) is 0 Å². The van der Waals surface area contributed by atoms with Crippen LogP contribution in [-0.2, 0) is 40.5 Å². The Balaban J connectivity index is 0. The first-order chi connectivity index (χ1) is 0. The van der Waals surface area contributed by atoms with Crippen molar-refractivity contribution in [2.45, 2.75) is 0 Å². The summed E-state index contributed by atoms with van der Waals surface area (Å²) in [5, 5.41) is 0. The molecule has 0 saturated heterocycles. The van der Waals surface area contributed by atoms with E-state index < -0.39 is 0 Å². The van der Waals surface area contributed by atoms with Crippen LogP contribution >= 0.6 is 0 Å². The van der Waals surface area contributed by atoms with E-state index in [-0.39, 0.29) is 118 Å². The van der Waals surface area contributed by atoms with Crippen LogP contribution in [0.1, 0.15) is 0 Å². The van der Waals surface area contributed by atoms with E-state index in [1.54, 1.807) is 0 Å². The maximum absolute atomic E-state index is 0. The second-order valence-corrected chi connectivity index (χ2v) is 0. The molecule has 0 radical (unpaired) electrons. The van der Waals surface area contributed by atoms with Gasteiger partial charge in [0.15, 0.2) is 0 Å². The van der Waals surface area contributed by atoms with Gasteiger partial charge in [0.05, 0.1) is 0 Å². The summed E-state index contributed by atoms with van der Waals surface area (Å²) < 4.78 is 0. The molecular formula is S3Tb2. The molecular weight excluding hydrogens is 414 g/mol. The molecule has 0 aliphatic rings. The Morgan fingerprint density at radius 3 is 0.400 bits per heavy atom. The van der Waals surface area contributed by atoms with Gasteiger partial charge in [-0.05, 0) is 0 Å². The molecule has 0 nitrogen and oxygen atoms in total. The molecule has 0 fully saturated rings. The first-order valence-electron chi connectivity index (χ1n) is 0. The Hall–Kier alpha value is 3.62. The Kier molecular flexibility index (Phi) is 195. The van der Waals surface area contributed by atoms with Crippen LogP contribution in [-0.4, -0.2) is 0 Å². The summed E-state index contributed by atoms with van der Waals surface area (Å²) in [5.74, 6) is 0. The molecule has 0 unspecified atom stereocenters. The Morgan fingerprint density at radius 2 is 0.400 bits per heavy atom. The van der Waals surface area contributed by atoms with E-state index >= 15 is 0 Å². The number of hydrogen-bond donors (Lipinski definition) is 0. The van der Waals surface area contributed by atoms with E-state index in [2.05, 4.69) is 0 Å². The van der Waals surface area contributed by atoms with Gasteiger partial charge in [-0.2, -0.15) is 0 Å². The SMILES string of the molecule is [S-2].[S-2].[S-2].[Tb+3].[Tb+3]. The fourth-order valence-electron chi connectivity index (χ4n) is 0. The zero-order valence-electron chi connectivity index (χ0n) is 1.89. The van der Waals surface area contributed by atoms with Crippen molar-refractivity contribution < 1.29 is 77.2 Å². The molecule has 5 heteroatoms. The molecule has 0 spiro atoms. The van der Waals surface area contributed by atoms with E-state index in [0.29, 0.717) is 0 Å². The third kappa shape index (κ3) is 18.4. The van der Waals surface area contributed by atoms with E-state index in [4.69, 9.17) is 0 Å². The van der Waals surface area contributed by atoms with Crippen molar-refractivity contribution in [1.29, 1.82) is 0 Å². The van der Waals surface area contributed by atoms with E-state index in [1.165, 1.54) is 0 Å². The van der Waals surface area contributed by atoms with E-state index in [1.807, 2.05) is 0 Å². The molecule has 0 aliphatic carbocycles. The number of rotatable bonds is 0. The second kappa shape index (κ2) is 25.5. The molecule has 0 bridgehead atoms. The largest absolute Gasteiger partial charge is 3.00 e. The molecule has 0 amide bonds. The average molecular weight is 414 g/mol. The topological polar surface area (TPSA) is 0 Å². The van der Waals surface area contributed by atoms with Gasteiger partial charge in [-0.1, -0.05) is 0 Å². The number of hydrogen-bond acceptors (Lipinski definition) is 0. The van der Waals surface area contributed by atoms with Gasteiger partial charge in [-0.25, -0.2) is 0 Å². The summed E-state index contributed by atoms with van der Waals surface area (Å²) in [7, 11) is 0. The van der Waals surface area contributed by atoms with Crippen LogP contribution < -0.4 is 0 Å². The van der Waals surface area contributed by atoms with Crippen LogP contribution in [0.4, 0.5) is 0 Å². The van der Waals surface area contributed by atoms with Gasteiger partial charge in [-0.15, -0.1) is 0 Å². The molecule has 0 aromatic heterocycles. The van der Waals surface area contributed by atoms with Gasteiger partial charge in [0, 0.05) is 0 Å². The molecule has 0 heterocycles. The maximum Gasteiger partial charge on any atom is 3.00 e. The van der Waals surface area contributed by atoms with Crippen molar-refractivity contribution in [3.05, 3.63) is 0 Å². The second-order valence-electron chi connectivity index (χ2n) is 0. The molecule has 0 rings (SSSR count). The van der Waals surface area contributed by atoms with Crippen molar-refractivity contribution >= 4 is 40.5 Å². The Bertz CT molecular complexity index is 4.85. The van der Waals surface area contributed by atoms with Crippen LogP contribution in [0.5, 0.6) is 0 Å². The van der Waals surface area contributed by atoms with Crippen molar-refractivity contribution in [3.63, 3.8) is 0 Å². The molecule has 0 N–H and O–H groups in total. The normalized spacial score (nSPS) is 0. The summed E-state index contributed by atoms with van der Waals surface area (Å²) in [6, 6.07) is 0. The van der Waals surface area contributed by atoms with Crippen LogP contribution in [0.25, 0.3) is 0 Å². The zero-order chi connectivity index (χ0) is 0. The van der Waals surface area contributed by atoms with E-state index in [0.717, 1.165) is 0 Å². The van der Waals surface area contributed by atoms with Crippen LogP contribution in [0.2, 0.25) is 0 Å². The van der Waals surface area contributed by atoms with Crippen molar-refractivity contribution in [2.24, 2.45) is 0 Å². The van der Waals surface area contributed by atoms with E-state index in [9.17, 15) is 0 Å². The fourth-order valence-corrected chi connectivity index (χ4v) is 0. The molecule has 0 saturated carbocycles.